The molecule has 1 amide bonds. The molecule has 0 bridgehead atoms. The van der Waals surface area contributed by atoms with Crippen LogP contribution in [0.1, 0.15) is 30.9 Å². The summed E-state index contributed by atoms with van der Waals surface area (Å²) < 4.78 is 27.9. The minimum absolute atomic E-state index is 0.131. The van der Waals surface area contributed by atoms with E-state index in [-0.39, 0.29) is 22.9 Å². The number of piperidine rings is 1. The van der Waals surface area contributed by atoms with Crippen molar-refractivity contribution in [1.29, 1.82) is 0 Å². The van der Waals surface area contributed by atoms with Crippen molar-refractivity contribution >= 4 is 44.8 Å². The van der Waals surface area contributed by atoms with Crippen LogP contribution in [0.5, 0.6) is 0 Å². The van der Waals surface area contributed by atoms with Crippen LogP contribution in [0.4, 0.5) is 5.69 Å². The normalized spacial score (nSPS) is 16.8. The van der Waals surface area contributed by atoms with E-state index in [1.807, 2.05) is 32.9 Å². The van der Waals surface area contributed by atoms with Crippen molar-refractivity contribution in [2.45, 2.75) is 50.6 Å². The number of hydrogen-bond donors (Lipinski definition) is 2. The largest absolute Gasteiger partial charge is 0.323 e. The lowest BCUT2D eigenvalue weighted by Crippen LogP contribution is -2.50. The quantitative estimate of drug-likeness (QED) is 0.638. The van der Waals surface area contributed by atoms with Gasteiger partial charge in [0.25, 0.3) is 0 Å². The van der Waals surface area contributed by atoms with E-state index >= 15 is 0 Å². The second kappa shape index (κ2) is 9.88. The molecule has 0 aliphatic carbocycles. The number of nitrogens with one attached hydrogen (secondary N) is 2. The number of anilines is 1. The summed E-state index contributed by atoms with van der Waals surface area (Å²) in [5.74, 6) is -0.131. The van der Waals surface area contributed by atoms with Crippen molar-refractivity contribution in [2.75, 3.05) is 18.4 Å². The summed E-state index contributed by atoms with van der Waals surface area (Å²) in [7, 11) is -3.61. The summed E-state index contributed by atoms with van der Waals surface area (Å²) in [6, 6.07) is 9.36. The average Bonchev–Trinajstić information content (AvgIpc) is 2.70. The predicted molar refractivity (Wildman–Crippen MR) is 125 cm³/mol. The Morgan fingerprint density at radius 2 is 1.71 bits per heavy atom. The van der Waals surface area contributed by atoms with Gasteiger partial charge in [-0.2, -0.15) is 0 Å². The van der Waals surface area contributed by atoms with Gasteiger partial charge in [0.2, 0.25) is 15.9 Å². The van der Waals surface area contributed by atoms with Gasteiger partial charge in [-0.1, -0.05) is 29.3 Å². The van der Waals surface area contributed by atoms with Crippen LogP contribution in [0, 0.1) is 13.8 Å². The molecule has 0 spiro atoms. The van der Waals surface area contributed by atoms with E-state index in [0.717, 1.165) is 11.1 Å². The standard InChI is InChI=1S/C22H27Cl2N3O3S/c1-14-12-15(2)21(20(24)13-14)25-22(28)16(3)27-10-8-18(9-11-27)26-31(29,30)19-6-4-17(23)5-7-19/h4-7,12-13,16,18,26H,8-11H2,1-3H3,(H,25,28). The molecule has 2 aromatic rings. The Hall–Kier alpha value is -1.64. The van der Waals surface area contributed by atoms with E-state index in [1.165, 1.54) is 12.1 Å². The van der Waals surface area contributed by atoms with E-state index in [2.05, 4.69) is 14.9 Å². The fourth-order valence-corrected chi connectivity index (χ4v) is 5.57. The molecule has 1 aliphatic rings. The first kappa shape index (κ1) is 24.0. The van der Waals surface area contributed by atoms with Crippen LogP contribution < -0.4 is 10.0 Å². The fourth-order valence-electron chi connectivity index (χ4n) is 3.77. The van der Waals surface area contributed by atoms with Gasteiger partial charge in [-0.3, -0.25) is 9.69 Å². The van der Waals surface area contributed by atoms with Crippen LogP contribution in [0.2, 0.25) is 10.0 Å². The Labute approximate surface area is 194 Å². The van der Waals surface area contributed by atoms with Gasteiger partial charge in [-0.15, -0.1) is 0 Å². The molecule has 1 fully saturated rings. The number of hydrogen-bond acceptors (Lipinski definition) is 4. The number of rotatable bonds is 6. The number of nitrogens with zero attached hydrogens (tertiary/aromatic N) is 1. The van der Waals surface area contributed by atoms with E-state index in [9.17, 15) is 13.2 Å². The van der Waals surface area contributed by atoms with Crippen LogP contribution >= 0.6 is 23.2 Å². The number of sulfonamides is 1. The molecule has 1 heterocycles. The highest BCUT2D eigenvalue weighted by Crippen LogP contribution is 2.28. The molecule has 168 valence electrons. The Bertz CT molecular complexity index is 1030. The van der Waals surface area contributed by atoms with E-state index in [1.54, 1.807) is 12.1 Å². The fraction of sp³-hybridized carbons (Fsp3) is 0.409. The van der Waals surface area contributed by atoms with E-state index in [4.69, 9.17) is 23.2 Å². The molecule has 1 atom stereocenters. The molecule has 0 aromatic heterocycles. The Balaban J connectivity index is 1.56. The molecule has 1 unspecified atom stereocenters. The van der Waals surface area contributed by atoms with Crippen molar-refractivity contribution < 1.29 is 13.2 Å². The van der Waals surface area contributed by atoms with Gasteiger partial charge in [0, 0.05) is 24.2 Å². The van der Waals surface area contributed by atoms with Crippen molar-refractivity contribution in [3.05, 3.63) is 57.6 Å². The third kappa shape index (κ3) is 5.99. The summed E-state index contributed by atoms with van der Waals surface area (Å²) in [5, 5.41) is 3.95. The highest BCUT2D eigenvalue weighted by atomic mass is 35.5. The zero-order valence-electron chi connectivity index (χ0n) is 17.8. The van der Waals surface area contributed by atoms with Crippen LogP contribution in [0.25, 0.3) is 0 Å². The number of halogens is 2. The topological polar surface area (TPSA) is 78.5 Å². The summed E-state index contributed by atoms with van der Waals surface area (Å²) in [6.45, 7) is 6.95. The van der Waals surface area contributed by atoms with Crippen molar-refractivity contribution in [2.24, 2.45) is 0 Å². The molecular formula is C22H27Cl2N3O3S. The first-order valence-corrected chi connectivity index (χ1v) is 12.4. The van der Waals surface area contributed by atoms with Crippen molar-refractivity contribution in [1.82, 2.24) is 9.62 Å². The number of carbonyl (C=O) groups is 1. The summed E-state index contributed by atoms with van der Waals surface area (Å²) in [4.78, 5) is 15.0. The Morgan fingerprint density at radius 3 is 2.29 bits per heavy atom. The van der Waals surface area contributed by atoms with Crippen LogP contribution in [-0.4, -0.2) is 44.4 Å². The number of carbonyl (C=O) groups excluding carboxylic acids is 1. The molecule has 3 rings (SSSR count). The predicted octanol–water partition coefficient (Wildman–Crippen LogP) is 4.38. The molecule has 0 saturated carbocycles. The molecule has 6 nitrogen and oxygen atoms in total. The molecule has 31 heavy (non-hydrogen) atoms. The maximum absolute atomic E-state index is 12.8. The van der Waals surface area contributed by atoms with Gasteiger partial charge in [0.05, 0.1) is 21.6 Å². The molecule has 2 N–H and O–H groups in total. The first-order valence-electron chi connectivity index (χ1n) is 10.2. The second-order valence-corrected chi connectivity index (χ2v) is 10.5. The monoisotopic (exact) mass is 483 g/mol. The molecule has 0 radical (unpaired) electrons. The van der Waals surface area contributed by atoms with Gasteiger partial charge in [-0.25, -0.2) is 13.1 Å². The van der Waals surface area contributed by atoms with E-state index in [0.29, 0.717) is 41.7 Å². The number of aryl methyl sites for hydroxylation is 2. The highest BCUT2D eigenvalue weighted by Gasteiger charge is 2.29. The lowest BCUT2D eigenvalue weighted by molar-refractivity contribution is -0.121. The zero-order valence-corrected chi connectivity index (χ0v) is 20.1. The number of amides is 1. The average molecular weight is 484 g/mol. The third-order valence-electron chi connectivity index (χ3n) is 5.58. The third-order valence-corrected chi connectivity index (χ3v) is 7.67. The van der Waals surface area contributed by atoms with Crippen LogP contribution in [0.15, 0.2) is 41.3 Å². The van der Waals surface area contributed by atoms with E-state index < -0.39 is 10.0 Å². The van der Waals surface area contributed by atoms with Gasteiger partial charge < -0.3 is 5.32 Å². The molecular weight excluding hydrogens is 457 g/mol. The van der Waals surface area contributed by atoms with Crippen LogP contribution in [-0.2, 0) is 14.8 Å². The number of benzene rings is 2. The summed E-state index contributed by atoms with van der Waals surface area (Å²) in [6.07, 6.45) is 1.24. The molecule has 9 heteroatoms. The summed E-state index contributed by atoms with van der Waals surface area (Å²) >= 11 is 12.1. The zero-order chi connectivity index (χ0) is 22.8. The van der Waals surface area contributed by atoms with Crippen molar-refractivity contribution in [3.8, 4) is 0 Å². The van der Waals surface area contributed by atoms with Gasteiger partial charge >= 0.3 is 0 Å². The Morgan fingerprint density at radius 1 is 1.10 bits per heavy atom. The lowest BCUT2D eigenvalue weighted by atomic mass is 10.0. The molecule has 1 saturated heterocycles. The minimum atomic E-state index is -3.61. The van der Waals surface area contributed by atoms with Crippen LogP contribution in [0.3, 0.4) is 0 Å². The number of likely N-dealkylation sites (tertiary alicyclic amines) is 1. The highest BCUT2D eigenvalue weighted by molar-refractivity contribution is 7.89. The molecule has 1 aliphatic heterocycles. The SMILES string of the molecule is Cc1cc(C)c(NC(=O)C(C)N2CCC(NS(=O)(=O)c3ccc(Cl)cc3)CC2)c(Cl)c1. The maximum Gasteiger partial charge on any atom is 0.241 e. The van der Waals surface area contributed by atoms with Gasteiger partial charge in [-0.05, 0) is 75.1 Å². The van der Waals surface area contributed by atoms with Gasteiger partial charge in [0.15, 0.2) is 0 Å². The lowest BCUT2D eigenvalue weighted by Gasteiger charge is -2.35. The smallest absolute Gasteiger partial charge is 0.241 e. The summed E-state index contributed by atoms with van der Waals surface area (Å²) in [5.41, 5.74) is 2.59. The van der Waals surface area contributed by atoms with Gasteiger partial charge in [0.1, 0.15) is 0 Å². The maximum atomic E-state index is 12.8. The second-order valence-electron chi connectivity index (χ2n) is 7.99. The Kier molecular flexibility index (Phi) is 7.65. The first-order chi connectivity index (χ1) is 14.6. The van der Waals surface area contributed by atoms with Crippen molar-refractivity contribution in [3.63, 3.8) is 0 Å². The molecule has 2 aromatic carbocycles. The minimum Gasteiger partial charge on any atom is -0.323 e.